The molecule has 0 aliphatic carbocycles. The first-order valence-electron chi connectivity index (χ1n) is 13.1. The third kappa shape index (κ3) is 5.33. The molecule has 5 rings (SSSR count). The molecular formula is C29H33N7O3. The number of hydrogen-bond donors (Lipinski definition) is 0. The summed E-state index contributed by atoms with van der Waals surface area (Å²) in [6, 6.07) is 17.6. The van der Waals surface area contributed by atoms with Crippen molar-refractivity contribution in [3.8, 4) is 5.69 Å². The van der Waals surface area contributed by atoms with E-state index in [9.17, 15) is 14.9 Å². The predicted molar refractivity (Wildman–Crippen MR) is 148 cm³/mol. The number of aromatic nitrogens is 4. The zero-order valence-electron chi connectivity index (χ0n) is 22.8. The second kappa shape index (κ2) is 10.8. The molecule has 202 valence electrons. The van der Waals surface area contributed by atoms with E-state index in [0.29, 0.717) is 36.6 Å². The number of hydrogen-bond acceptors (Lipinski definition) is 6. The maximum atomic E-state index is 13.2. The fraction of sp³-hybridized carbons (Fsp3) is 0.345. The van der Waals surface area contributed by atoms with Gasteiger partial charge in [-0.25, -0.2) is 4.68 Å². The molecule has 0 unspecified atom stereocenters. The van der Waals surface area contributed by atoms with E-state index in [2.05, 4.69) is 36.0 Å². The van der Waals surface area contributed by atoms with Crippen LogP contribution in [-0.2, 0) is 13.1 Å². The lowest BCUT2D eigenvalue weighted by Gasteiger charge is -2.34. The van der Waals surface area contributed by atoms with Gasteiger partial charge in [-0.05, 0) is 57.5 Å². The molecule has 4 aromatic rings. The molecule has 0 saturated carbocycles. The molecule has 10 nitrogen and oxygen atoms in total. The van der Waals surface area contributed by atoms with Gasteiger partial charge in [-0.15, -0.1) is 0 Å². The van der Waals surface area contributed by atoms with Crippen LogP contribution in [-0.4, -0.2) is 66.4 Å². The molecule has 0 N–H and O–H groups in total. The number of para-hydroxylation sites is 1. The summed E-state index contributed by atoms with van der Waals surface area (Å²) in [7, 11) is 0. The Bertz CT molecular complexity index is 1500. The average molecular weight is 528 g/mol. The van der Waals surface area contributed by atoms with E-state index in [-0.39, 0.29) is 11.6 Å². The molecule has 0 spiro atoms. The summed E-state index contributed by atoms with van der Waals surface area (Å²) in [5.41, 5.74) is 7.02. The van der Waals surface area contributed by atoms with Crippen LogP contribution in [0.15, 0.2) is 54.6 Å². The highest BCUT2D eigenvalue weighted by Gasteiger charge is 2.25. The first-order chi connectivity index (χ1) is 18.7. The lowest BCUT2D eigenvalue weighted by molar-refractivity contribution is -0.386. The summed E-state index contributed by atoms with van der Waals surface area (Å²) < 4.78 is 3.64. The van der Waals surface area contributed by atoms with E-state index < -0.39 is 4.92 Å². The van der Waals surface area contributed by atoms with Crippen molar-refractivity contribution in [2.24, 2.45) is 0 Å². The Hall–Kier alpha value is -4.31. The zero-order chi connectivity index (χ0) is 27.7. The second-order valence-electron chi connectivity index (χ2n) is 10.1. The Morgan fingerprint density at radius 2 is 1.51 bits per heavy atom. The van der Waals surface area contributed by atoms with Crippen LogP contribution in [0.4, 0.5) is 5.69 Å². The molecule has 39 heavy (non-hydrogen) atoms. The Balaban J connectivity index is 1.18. The van der Waals surface area contributed by atoms with E-state index in [1.165, 1.54) is 5.56 Å². The third-order valence-electron chi connectivity index (χ3n) is 7.54. The summed E-state index contributed by atoms with van der Waals surface area (Å²) >= 11 is 0. The standard InChI is InChI=1S/C29H33N7O3/c1-20-27(22(3)35(31-20)26-8-6-5-7-9-26)19-32-14-16-33(17-15-32)29(37)25-12-10-24(11-13-25)18-34-23(4)28(36(38)39)21(2)30-34/h5-13H,14-19H2,1-4H3. The fourth-order valence-corrected chi connectivity index (χ4v) is 5.27. The predicted octanol–water partition coefficient (Wildman–Crippen LogP) is 4.22. The molecular weight excluding hydrogens is 494 g/mol. The number of rotatable bonds is 7. The van der Waals surface area contributed by atoms with Crippen LogP contribution in [0.2, 0.25) is 0 Å². The molecule has 3 heterocycles. The number of carbonyl (C=O) groups is 1. The monoisotopic (exact) mass is 527 g/mol. The number of carbonyl (C=O) groups excluding carboxylic acids is 1. The molecule has 0 bridgehead atoms. The van der Waals surface area contributed by atoms with Crippen molar-refractivity contribution < 1.29 is 9.72 Å². The van der Waals surface area contributed by atoms with Crippen LogP contribution in [0.3, 0.4) is 0 Å². The van der Waals surface area contributed by atoms with Gasteiger partial charge in [0.2, 0.25) is 0 Å². The van der Waals surface area contributed by atoms with Crippen molar-refractivity contribution >= 4 is 11.6 Å². The summed E-state index contributed by atoms with van der Waals surface area (Å²) in [6.45, 7) is 11.7. The molecule has 1 aliphatic rings. The molecule has 0 radical (unpaired) electrons. The lowest BCUT2D eigenvalue weighted by atomic mass is 10.1. The molecule has 10 heteroatoms. The minimum Gasteiger partial charge on any atom is -0.336 e. The Morgan fingerprint density at radius 3 is 2.13 bits per heavy atom. The first-order valence-corrected chi connectivity index (χ1v) is 13.1. The molecule has 0 atom stereocenters. The van der Waals surface area contributed by atoms with Gasteiger partial charge >= 0.3 is 5.69 Å². The van der Waals surface area contributed by atoms with Crippen molar-refractivity contribution in [1.29, 1.82) is 0 Å². The smallest absolute Gasteiger partial charge is 0.312 e. The molecule has 2 aromatic heterocycles. The number of amides is 1. The van der Waals surface area contributed by atoms with Crippen molar-refractivity contribution in [3.63, 3.8) is 0 Å². The molecule has 1 fully saturated rings. The second-order valence-corrected chi connectivity index (χ2v) is 10.1. The third-order valence-corrected chi connectivity index (χ3v) is 7.54. The number of benzene rings is 2. The van der Waals surface area contributed by atoms with Crippen molar-refractivity contribution in [3.05, 3.63) is 104 Å². The topological polar surface area (TPSA) is 102 Å². The number of aryl methyl sites for hydroxylation is 2. The van der Waals surface area contributed by atoms with Gasteiger partial charge in [-0.3, -0.25) is 24.5 Å². The largest absolute Gasteiger partial charge is 0.336 e. The van der Waals surface area contributed by atoms with Gasteiger partial charge in [-0.1, -0.05) is 30.3 Å². The van der Waals surface area contributed by atoms with E-state index in [4.69, 9.17) is 5.10 Å². The van der Waals surface area contributed by atoms with Gasteiger partial charge in [0.1, 0.15) is 11.4 Å². The highest BCUT2D eigenvalue weighted by Crippen LogP contribution is 2.23. The lowest BCUT2D eigenvalue weighted by Crippen LogP contribution is -2.48. The molecule has 1 aliphatic heterocycles. The van der Waals surface area contributed by atoms with Gasteiger partial charge < -0.3 is 4.90 Å². The highest BCUT2D eigenvalue weighted by atomic mass is 16.6. The average Bonchev–Trinajstić information content (AvgIpc) is 3.38. The van der Waals surface area contributed by atoms with Crippen LogP contribution < -0.4 is 0 Å². The minimum atomic E-state index is -0.393. The first kappa shape index (κ1) is 26.3. The van der Waals surface area contributed by atoms with Gasteiger partial charge in [0.25, 0.3) is 5.91 Å². The summed E-state index contributed by atoms with van der Waals surface area (Å²) in [4.78, 5) is 28.4. The van der Waals surface area contributed by atoms with Crippen molar-refractivity contribution in [2.45, 2.75) is 40.8 Å². The van der Waals surface area contributed by atoms with Gasteiger partial charge in [0.15, 0.2) is 0 Å². The highest BCUT2D eigenvalue weighted by molar-refractivity contribution is 5.94. The minimum absolute atomic E-state index is 0.0206. The number of nitro groups is 1. The number of nitrogens with zero attached hydrogens (tertiary/aromatic N) is 7. The Labute approximate surface area is 227 Å². The van der Waals surface area contributed by atoms with Crippen LogP contribution in [0.5, 0.6) is 0 Å². The van der Waals surface area contributed by atoms with Crippen LogP contribution in [0, 0.1) is 37.8 Å². The SMILES string of the molecule is Cc1nn(-c2ccccc2)c(C)c1CN1CCN(C(=O)c2ccc(Cn3nc(C)c([N+](=O)[O-])c3C)cc2)CC1. The van der Waals surface area contributed by atoms with Gasteiger partial charge in [-0.2, -0.15) is 10.2 Å². The normalized spacial score (nSPS) is 14.1. The summed E-state index contributed by atoms with van der Waals surface area (Å²) in [5, 5.41) is 20.4. The van der Waals surface area contributed by atoms with Crippen LogP contribution >= 0.6 is 0 Å². The molecule has 1 saturated heterocycles. The van der Waals surface area contributed by atoms with Crippen molar-refractivity contribution in [1.82, 2.24) is 29.4 Å². The van der Waals surface area contributed by atoms with Crippen molar-refractivity contribution in [2.75, 3.05) is 26.2 Å². The summed E-state index contributed by atoms with van der Waals surface area (Å²) in [6.07, 6.45) is 0. The molecule has 2 aromatic carbocycles. The van der Waals surface area contributed by atoms with E-state index in [1.807, 2.05) is 52.0 Å². The maximum Gasteiger partial charge on any atom is 0.312 e. The van der Waals surface area contributed by atoms with Crippen LogP contribution in [0.25, 0.3) is 5.69 Å². The van der Waals surface area contributed by atoms with E-state index in [0.717, 1.165) is 42.3 Å². The van der Waals surface area contributed by atoms with E-state index in [1.54, 1.807) is 18.5 Å². The van der Waals surface area contributed by atoms with E-state index >= 15 is 0 Å². The van der Waals surface area contributed by atoms with Gasteiger partial charge in [0.05, 0.1) is 22.8 Å². The Morgan fingerprint density at radius 1 is 0.846 bits per heavy atom. The van der Waals surface area contributed by atoms with Gasteiger partial charge in [0, 0.05) is 49.5 Å². The number of piperazine rings is 1. The van der Waals surface area contributed by atoms with Crippen LogP contribution in [0.1, 0.15) is 44.3 Å². The maximum absolute atomic E-state index is 13.2. The Kier molecular flexibility index (Phi) is 7.30. The molecule has 1 amide bonds. The zero-order valence-corrected chi connectivity index (χ0v) is 22.8. The quantitative estimate of drug-likeness (QED) is 0.263. The summed E-state index contributed by atoms with van der Waals surface area (Å²) in [5.74, 6) is 0.0206. The fourth-order valence-electron chi connectivity index (χ4n) is 5.27.